The number of carbonyl (C=O) groups excluding carboxylic acids is 4. The molecule has 4 aromatic rings. The molecule has 53 heavy (non-hydrogen) atoms. The number of hydrogen-bond donors (Lipinski definition) is 6. The van der Waals surface area contributed by atoms with Crippen LogP contribution in [0.1, 0.15) is 94.9 Å². The Bertz CT molecular complexity index is 1940. The highest BCUT2D eigenvalue weighted by Crippen LogP contribution is 2.29. The number of amides is 4. The molecule has 12 nitrogen and oxygen atoms in total. The maximum atomic E-state index is 14.0. The molecule has 4 unspecified atom stereocenters. The minimum absolute atomic E-state index is 0.225. The Hall–Kier alpha value is -4.75. The number of alkyl halides is 1. The van der Waals surface area contributed by atoms with Gasteiger partial charge in [0.25, 0.3) is 11.8 Å². The van der Waals surface area contributed by atoms with Crippen molar-refractivity contribution in [2.75, 3.05) is 12.0 Å². The van der Waals surface area contributed by atoms with Crippen molar-refractivity contribution in [3.8, 4) is 0 Å². The molecule has 0 radical (unpaired) electrons. The first kappa shape index (κ1) is 41.0. The van der Waals surface area contributed by atoms with Crippen molar-refractivity contribution in [3.63, 3.8) is 0 Å². The number of aliphatic hydroxyl groups excluding tert-OH is 2. The van der Waals surface area contributed by atoms with Crippen molar-refractivity contribution < 1.29 is 33.8 Å². The van der Waals surface area contributed by atoms with Crippen LogP contribution in [0.2, 0.25) is 0 Å². The van der Waals surface area contributed by atoms with Crippen LogP contribution >= 0.6 is 0 Å². The van der Waals surface area contributed by atoms with Crippen molar-refractivity contribution in [2.24, 2.45) is 16.6 Å². The molecule has 0 aliphatic carbocycles. The van der Waals surface area contributed by atoms with E-state index >= 15 is 0 Å². The lowest BCUT2D eigenvalue weighted by Gasteiger charge is -2.30. The number of halogens is 1. The molecule has 0 aliphatic rings. The maximum absolute atomic E-state index is 14.0. The van der Waals surface area contributed by atoms with E-state index in [1.54, 1.807) is 58.3 Å². The van der Waals surface area contributed by atoms with E-state index in [0.717, 1.165) is 17.3 Å². The fourth-order valence-electron chi connectivity index (χ4n) is 6.51. The van der Waals surface area contributed by atoms with E-state index in [4.69, 9.17) is 5.73 Å². The fraction of sp³-hybridized carbons (Fsp3) is 0.500. The van der Waals surface area contributed by atoms with Crippen molar-refractivity contribution in [2.45, 2.75) is 112 Å². The average Bonchev–Trinajstić information content (AvgIpc) is 3.62. The van der Waals surface area contributed by atoms with Crippen LogP contribution in [0.5, 0.6) is 0 Å². The molecule has 7 N–H and O–H groups in total. The fourth-order valence-corrected chi connectivity index (χ4v) is 6.51. The quantitative estimate of drug-likeness (QED) is 0.0911. The summed E-state index contributed by atoms with van der Waals surface area (Å²) in [6.45, 7) is 12.8. The Labute approximate surface area is 310 Å². The third-order valence-electron chi connectivity index (χ3n) is 9.39. The maximum Gasteiger partial charge on any atom is 0.254 e. The molecular weight excluding hydrogens is 679 g/mol. The topological polar surface area (TPSA) is 181 Å². The molecule has 288 valence electrons. The van der Waals surface area contributed by atoms with Gasteiger partial charge in [0.15, 0.2) is 0 Å². The van der Waals surface area contributed by atoms with Gasteiger partial charge in [-0.05, 0) is 67.7 Å². The van der Waals surface area contributed by atoms with Crippen LogP contribution in [0.25, 0.3) is 21.8 Å². The van der Waals surface area contributed by atoms with Gasteiger partial charge >= 0.3 is 0 Å². The normalized spacial score (nSPS) is 14.5. The first-order valence-corrected chi connectivity index (χ1v) is 18.2. The van der Waals surface area contributed by atoms with Gasteiger partial charge in [-0.1, -0.05) is 59.7 Å². The average molecular weight is 735 g/mol. The van der Waals surface area contributed by atoms with Gasteiger partial charge in [-0.15, -0.1) is 0 Å². The predicted molar refractivity (Wildman–Crippen MR) is 205 cm³/mol. The predicted octanol–water partition coefficient (Wildman–Crippen LogP) is 5.28. The molecule has 2 aromatic carbocycles. The number of hydrogen-bond acceptors (Lipinski definition) is 6. The van der Waals surface area contributed by atoms with Gasteiger partial charge in [-0.25, -0.2) is 4.39 Å². The highest BCUT2D eigenvalue weighted by Gasteiger charge is 2.35. The van der Waals surface area contributed by atoms with Gasteiger partial charge in [0.05, 0.1) is 23.3 Å². The lowest BCUT2D eigenvalue weighted by molar-refractivity contribution is -0.122. The number of anilines is 1. The van der Waals surface area contributed by atoms with Crippen LogP contribution in [-0.4, -0.2) is 73.9 Å². The zero-order valence-corrected chi connectivity index (χ0v) is 31.8. The monoisotopic (exact) mass is 734 g/mol. The van der Waals surface area contributed by atoms with E-state index in [1.807, 2.05) is 54.2 Å². The molecule has 0 fully saturated rings. The van der Waals surface area contributed by atoms with Crippen molar-refractivity contribution in [1.82, 2.24) is 19.8 Å². The lowest BCUT2D eigenvalue weighted by atomic mass is 9.85. The Kier molecular flexibility index (Phi) is 13.1. The number of nitrogens with two attached hydrogens (primary N) is 1. The largest absolute Gasteiger partial charge is 0.393 e. The van der Waals surface area contributed by atoms with Gasteiger partial charge in [-0.3, -0.25) is 19.2 Å². The Morgan fingerprint density at radius 2 is 1.30 bits per heavy atom. The number of carbonyl (C=O) groups is 4. The number of rotatable bonds is 16. The van der Waals surface area contributed by atoms with Crippen LogP contribution in [0, 0.1) is 10.8 Å². The number of para-hydroxylation sites is 1. The zero-order valence-electron chi connectivity index (χ0n) is 31.8. The smallest absolute Gasteiger partial charge is 0.254 e. The van der Waals surface area contributed by atoms with Crippen molar-refractivity contribution in [3.05, 3.63) is 66.0 Å². The summed E-state index contributed by atoms with van der Waals surface area (Å²) in [6.07, 6.45) is 3.92. The number of primary amides is 1. The third-order valence-corrected chi connectivity index (χ3v) is 9.39. The Balaban J connectivity index is 1.64. The second-order valence-corrected chi connectivity index (χ2v) is 16.1. The lowest BCUT2D eigenvalue weighted by Crippen LogP contribution is -2.52. The van der Waals surface area contributed by atoms with Gasteiger partial charge in [-0.2, -0.15) is 0 Å². The number of fused-ring (bicyclic) bond motifs is 2. The van der Waals surface area contributed by atoms with Crippen molar-refractivity contribution >= 4 is 51.1 Å². The molecule has 0 bridgehead atoms. The second-order valence-electron chi connectivity index (χ2n) is 16.1. The molecule has 2 aromatic heterocycles. The van der Waals surface area contributed by atoms with Gasteiger partial charge in [0.1, 0.15) is 18.8 Å². The minimum Gasteiger partial charge on any atom is -0.393 e. The molecule has 4 amide bonds. The van der Waals surface area contributed by atoms with Crippen LogP contribution in [0.15, 0.2) is 54.9 Å². The molecule has 2 heterocycles. The molecule has 4 rings (SSSR count). The number of benzene rings is 2. The molecule has 0 aliphatic heterocycles. The molecule has 0 spiro atoms. The molecule has 0 saturated carbocycles. The highest BCUT2D eigenvalue weighted by molar-refractivity contribution is 6.11. The zero-order chi connectivity index (χ0) is 39.2. The van der Waals surface area contributed by atoms with Gasteiger partial charge in [0, 0.05) is 53.0 Å². The molecular formula is C40H55FN6O6. The molecule has 0 saturated heterocycles. The number of aryl methyl sites for hydroxylation is 2. The summed E-state index contributed by atoms with van der Waals surface area (Å²) in [5.41, 5.74) is 6.86. The van der Waals surface area contributed by atoms with Gasteiger partial charge in [0.2, 0.25) is 11.8 Å². The first-order valence-electron chi connectivity index (χ1n) is 18.2. The first-order chi connectivity index (χ1) is 24.8. The molecule has 13 heteroatoms. The summed E-state index contributed by atoms with van der Waals surface area (Å²) in [5, 5.41) is 29.4. The second kappa shape index (κ2) is 16.9. The number of aliphatic hydroxyl groups is 2. The van der Waals surface area contributed by atoms with Gasteiger partial charge < -0.3 is 41.0 Å². The Morgan fingerprint density at radius 1 is 0.774 bits per heavy atom. The summed E-state index contributed by atoms with van der Waals surface area (Å²) in [5.74, 6) is -2.08. The summed E-state index contributed by atoms with van der Waals surface area (Å²) < 4.78 is 16.7. The molecule has 4 atom stereocenters. The minimum atomic E-state index is -1.08. The van der Waals surface area contributed by atoms with Crippen LogP contribution in [0.4, 0.5) is 10.1 Å². The van der Waals surface area contributed by atoms with Crippen LogP contribution in [-0.2, 0) is 22.7 Å². The number of aromatic nitrogens is 2. The summed E-state index contributed by atoms with van der Waals surface area (Å²) in [4.78, 5) is 53.8. The van der Waals surface area contributed by atoms with Crippen LogP contribution < -0.4 is 21.7 Å². The summed E-state index contributed by atoms with van der Waals surface area (Å²) >= 11 is 0. The number of nitrogens with zero attached hydrogens (tertiary/aromatic N) is 2. The van der Waals surface area contributed by atoms with Crippen LogP contribution in [0.3, 0.4) is 0 Å². The Morgan fingerprint density at radius 3 is 1.85 bits per heavy atom. The SMILES string of the molecule is CC(O)CCCn1cc(C(=O)NC(C(=O)Nc2ccc3c(c2)c(C(=O)NC(C(N)=O)C(C)(C)C)cn3CCCC(O)CF)C(C)(C)C)c2ccccc21. The third kappa shape index (κ3) is 10.2. The van der Waals surface area contributed by atoms with E-state index in [-0.39, 0.29) is 12.0 Å². The summed E-state index contributed by atoms with van der Waals surface area (Å²) in [7, 11) is 0. The van der Waals surface area contributed by atoms with E-state index in [9.17, 15) is 33.8 Å². The standard InChI is InChI=1S/C40H55FN6O6/c1-24(48)12-10-18-46-22-29(27-14-8-9-15-31(27)46)36(51)45-34(40(5,6)7)38(53)43-25-16-17-32-28(20-25)30(23-47(32)19-11-13-26(49)21-41)37(52)44-33(35(42)50)39(2,3)4/h8-9,14-17,20,22-24,26,33-34,48-49H,10-13,18-19,21H2,1-7H3,(H2,42,50)(H,43,53)(H,44,52)(H,45,51). The van der Waals surface area contributed by atoms with E-state index < -0.39 is 65.4 Å². The van der Waals surface area contributed by atoms with E-state index in [2.05, 4.69) is 16.0 Å². The van der Waals surface area contributed by atoms with Crippen molar-refractivity contribution in [1.29, 1.82) is 0 Å². The van der Waals surface area contributed by atoms with E-state index in [1.165, 1.54) is 0 Å². The summed E-state index contributed by atoms with van der Waals surface area (Å²) in [6, 6.07) is 10.7. The number of nitrogens with one attached hydrogen (secondary N) is 3. The highest BCUT2D eigenvalue weighted by atomic mass is 19.1. The van der Waals surface area contributed by atoms with E-state index in [0.29, 0.717) is 48.1 Å².